The number of piperidine rings is 1. The van der Waals surface area contributed by atoms with Crippen LogP contribution in [0, 0.1) is 5.92 Å². The fourth-order valence-corrected chi connectivity index (χ4v) is 4.23. The summed E-state index contributed by atoms with van der Waals surface area (Å²) in [6, 6.07) is 0. The molecule has 0 aliphatic carbocycles. The maximum Gasteiger partial charge on any atom is 0.511 e. The number of likely N-dealkylation sites (N-methyl/N-ethyl adjacent to an activating group) is 1. The lowest BCUT2D eigenvalue weighted by Gasteiger charge is -2.31. The molecule has 2 saturated heterocycles. The summed E-state index contributed by atoms with van der Waals surface area (Å²) in [5, 5.41) is 6.38. The van der Waals surface area contributed by atoms with Gasteiger partial charge in [-0.05, 0) is 32.7 Å². The number of nitrogens with one attached hydrogen (secondary N) is 2. The maximum atomic E-state index is 12.6. The fourth-order valence-electron chi connectivity index (χ4n) is 3.24. The van der Waals surface area contributed by atoms with Crippen molar-refractivity contribution < 1.29 is 26.3 Å². The van der Waals surface area contributed by atoms with E-state index < -0.39 is 15.5 Å². The molecule has 0 aromatic rings. The third-order valence-electron chi connectivity index (χ3n) is 4.90. The van der Waals surface area contributed by atoms with E-state index in [-0.39, 0.29) is 49.1 Å². The molecular formula is C16H31F3IN5O3S. The minimum atomic E-state index is -5.24. The van der Waals surface area contributed by atoms with Gasteiger partial charge in [-0.25, -0.2) is 8.42 Å². The number of ether oxygens (including phenoxy) is 1. The zero-order valence-corrected chi connectivity index (χ0v) is 19.9. The van der Waals surface area contributed by atoms with E-state index in [1.54, 1.807) is 0 Å². The molecule has 0 bridgehead atoms. The first kappa shape index (κ1) is 26.7. The highest BCUT2D eigenvalue weighted by molar-refractivity contribution is 14.0. The molecule has 0 saturated carbocycles. The van der Waals surface area contributed by atoms with E-state index in [2.05, 4.69) is 20.5 Å². The quantitative estimate of drug-likeness (QED) is 0.289. The van der Waals surface area contributed by atoms with Crippen molar-refractivity contribution in [1.29, 1.82) is 0 Å². The summed E-state index contributed by atoms with van der Waals surface area (Å²) >= 11 is 0. The first-order chi connectivity index (χ1) is 13.1. The topological polar surface area (TPSA) is 86.3 Å². The van der Waals surface area contributed by atoms with Crippen LogP contribution in [0.15, 0.2) is 4.99 Å². The summed E-state index contributed by atoms with van der Waals surface area (Å²) in [5.74, 6) is 0.678. The van der Waals surface area contributed by atoms with Gasteiger partial charge in [0.1, 0.15) is 0 Å². The van der Waals surface area contributed by atoms with E-state index in [0.717, 1.165) is 13.1 Å². The molecule has 2 heterocycles. The highest BCUT2D eigenvalue weighted by atomic mass is 127. The van der Waals surface area contributed by atoms with Gasteiger partial charge in [-0.1, -0.05) is 0 Å². The number of alkyl halides is 3. The van der Waals surface area contributed by atoms with Crippen molar-refractivity contribution in [3.63, 3.8) is 0 Å². The van der Waals surface area contributed by atoms with Gasteiger partial charge in [-0.3, -0.25) is 4.99 Å². The highest BCUT2D eigenvalue weighted by Crippen LogP contribution is 2.30. The molecule has 1 unspecified atom stereocenters. The Kier molecular flexibility index (Phi) is 10.9. The predicted octanol–water partition coefficient (Wildman–Crippen LogP) is 1.05. The summed E-state index contributed by atoms with van der Waals surface area (Å²) in [4.78, 5) is 6.71. The zero-order chi connectivity index (χ0) is 20.8. The lowest BCUT2D eigenvalue weighted by atomic mass is 9.98. The van der Waals surface area contributed by atoms with Crippen LogP contribution in [0.5, 0.6) is 0 Å². The van der Waals surface area contributed by atoms with Crippen molar-refractivity contribution in [2.75, 3.05) is 59.5 Å². The Labute approximate surface area is 187 Å². The lowest BCUT2D eigenvalue weighted by Crippen LogP contribution is -2.48. The van der Waals surface area contributed by atoms with Gasteiger partial charge >= 0.3 is 15.5 Å². The molecule has 0 aromatic heterocycles. The lowest BCUT2D eigenvalue weighted by molar-refractivity contribution is -0.0496. The highest BCUT2D eigenvalue weighted by Gasteiger charge is 2.50. The van der Waals surface area contributed by atoms with Gasteiger partial charge in [0.15, 0.2) is 5.96 Å². The molecule has 29 heavy (non-hydrogen) atoms. The Morgan fingerprint density at radius 1 is 1.21 bits per heavy atom. The average molecular weight is 557 g/mol. The summed E-state index contributed by atoms with van der Waals surface area (Å²) in [6.07, 6.45) is 0.780. The number of hydrogen-bond acceptors (Lipinski definition) is 5. The molecule has 0 spiro atoms. The van der Waals surface area contributed by atoms with E-state index >= 15 is 0 Å². The molecule has 2 rings (SSSR count). The average Bonchev–Trinajstić information content (AvgIpc) is 2.63. The first-order valence-electron chi connectivity index (χ1n) is 9.52. The van der Waals surface area contributed by atoms with E-state index in [4.69, 9.17) is 4.74 Å². The van der Waals surface area contributed by atoms with Gasteiger partial charge in [0, 0.05) is 45.8 Å². The van der Waals surface area contributed by atoms with Crippen LogP contribution in [-0.4, -0.2) is 94.7 Å². The van der Waals surface area contributed by atoms with Crippen LogP contribution in [-0.2, 0) is 14.8 Å². The fraction of sp³-hybridized carbons (Fsp3) is 0.938. The molecule has 172 valence electrons. The Morgan fingerprint density at radius 3 is 2.41 bits per heavy atom. The Hall–Kier alpha value is -0.380. The maximum absolute atomic E-state index is 12.6. The zero-order valence-electron chi connectivity index (χ0n) is 16.7. The van der Waals surface area contributed by atoms with E-state index in [9.17, 15) is 21.6 Å². The molecule has 1 atom stereocenters. The smallest absolute Gasteiger partial charge is 0.374 e. The van der Waals surface area contributed by atoms with Gasteiger partial charge in [0.05, 0.1) is 12.7 Å². The number of guanidine groups is 1. The number of halogens is 4. The van der Waals surface area contributed by atoms with Gasteiger partial charge in [-0.2, -0.15) is 17.5 Å². The summed E-state index contributed by atoms with van der Waals surface area (Å²) < 4.78 is 67.1. The van der Waals surface area contributed by atoms with Gasteiger partial charge in [0.25, 0.3) is 0 Å². The van der Waals surface area contributed by atoms with Gasteiger partial charge in [-0.15, -0.1) is 24.0 Å². The number of rotatable bonds is 6. The summed E-state index contributed by atoms with van der Waals surface area (Å²) in [7, 11) is -3.19. The van der Waals surface area contributed by atoms with Crippen molar-refractivity contribution in [3.8, 4) is 0 Å². The van der Waals surface area contributed by atoms with Crippen LogP contribution in [0.3, 0.4) is 0 Å². The molecule has 2 fully saturated rings. The van der Waals surface area contributed by atoms with Crippen LogP contribution in [0.1, 0.15) is 19.8 Å². The second-order valence-electron chi connectivity index (χ2n) is 7.15. The predicted molar refractivity (Wildman–Crippen MR) is 116 cm³/mol. The Balaban J connectivity index is 0.00000420. The summed E-state index contributed by atoms with van der Waals surface area (Å²) in [5.41, 5.74) is -5.24. The second-order valence-corrected chi connectivity index (χ2v) is 9.08. The van der Waals surface area contributed by atoms with Crippen LogP contribution < -0.4 is 10.6 Å². The van der Waals surface area contributed by atoms with Crippen molar-refractivity contribution in [2.24, 2.45) is 10.9 Å². The Morgan fingerprint density at radius 2 is 1.86 bits per heavy atom. The van der Waals surface area contributed by atoms with Crippen LogP contribution in [0.2, 0.25) is 0 Å². The number of nitrogens with zero attached hydrogens (tertiary/aromatic N) is 3. The number of hydrogen-bond donors (Lipinski definition) is 2. The van der Waals surface area contributed by atoms with Crippen LogP contribution in [0.25, 0.3) is 0 Å². The molecule has 2 aliphatic rings. The minimum absolute atomic E-state index is 0. The number of morpholine rings is 1. The monoisotopic (exact) mass is 557 g/mol. The molecular weight excluding hydrogens is 526 g/mol. The third kappa shape index (κ3) is 7.99. The van der Waals surface area contributed by atoms with Crippen molar-refractivity contribution in [1.82, 2.24) is 19.8 Å². The van der Waals surface area contributed by atoms with Crippen molar-refractivity contribution in [3.05, 3.63) is 0 Å². The standard InChI is InChI=1S/C16H30F3N5O3S.HI/c1-3-20-15(22-11-14-12-23(2)8-9-27-14)21-10-13-4-6-24(7-5-13)28(25,26)16(17,18)19;/h13-14H,3-12H2,1-2H3,(H2,20,21,22);1H. The molecule has 0 aromatic carbocycles. The molecule has 2 aliphatic heterocycles. The number of aliphatic imine (C=N–C) groups is 1. The van der Waals surface area contributed by atoms with E-state index in [0.29, 0.717) is 49.3 Å². The molecule has 0 radical (unpaired) electrons. The molecule has 0 amide bonds. The van der Waals surface area contributed by atoms with E-state index in [1.165, 1.54) is 0 Å². The molecule has 13 heteroatoms. The Bertz CT molecular complexity index is 628. The van der Waals surface area contributed by atoms with Crippen molar-refractivity contribution in [2.45, 2.75) is 31.4 Å². The van der Waals surface area contributed by atoms with Crippen LogP contribution in [0.4, 0.5) is 13.2 Å². The van der Waals surface area contributed by atoms with Gasteiger partial charge < -0.3 is 20.3 Å². The molecule has 2 N–H and O–H groups in total. The summed E-state index contributed by atoms with van der Waals surface area (Å²) in [6.45, 7) is 5.84. The first-order valence-corrected chi connectivity index (χ1v) is 11.0. The minimum Gasteiger partial charge on any atom is -0.374 e. The largest absolute Gasteiger partial charge is 0.511 e. The van der Waals surface area contributed by atoms with E-state index in [1.807, 2.05) is 14.0 Å². The number of sulfonamides is 1. The SMILES string of the molecule is CCNC(=NCC1CCN(S(=O)(=O)C(F)(F)F)CC1)NCC1CN(C)CCO1.I. The molecule has 8 nitrogen and oxygen atoms in total. The van der Waals surface area contributed by atoms with Gasteiger partial charge in [0.2, 0.25) is 0 Å². The normalized spacial score (nSPS) is 23.5. The van der Waals surface area contributed by atoms with Crippen LogP contribution >= 0.6 is 24.0 Å². The second kappa shape index (κ2) is 11.9. The third-order valence-corrected chi connectivity index (χ3v) is 6.53. The van der Waals surface area contributed by atoms with Crippen molar-refractivity contribution >= 4 is 40.0 Å².